The minimum atomic E-state index is -1.16. The summed E-state index contributed by atoms with van der Waals surface area (Å²) in [6, 6.07) is 3.49. The van der Waals surface area contributed by atoms with Gasteiger partial charge in [0.1, 0.15) is 18.0 Å². The molecule has 0 aliphatic carbocycles. The van der Waals surface area contributed by atoms with Gasteiger partial charge < -0.3 is 20.1 Å². The maximum absolute atomic E-state index is 9.75. The van der Waals surface area contributed by atoms with E-state index in [4.69, 9.17) is 9.84 Å². The third kappa shape index (κ3) is 2.52. The number of aliphatic hydroxyl groups is 3. The lowest BCUT2D eigenvalue weighted by molar-refractivity contribution is -0.0153. The average molecular weight is 226 g/mol. The van der Waals surface area contributed by atoms with Gasteiger partial charge in [0.2, 0.25) is 0 Å². The Balaban J connectivity index is 3.08. The molecule has 0 saturated heterocycles. The number of hydrogen-bond acceptors (Lipinski definition) is 4. The van der Waals surface area contributed by atoms with Gasteiger partial charge in [-0.1, -0.05) is 0 Å². The molecular weight excluding hydrogens is 208 g/mol. The highest BCUT2D eigenvalue weighted by Gasteiger charge is 2.19. The molecule has 1 rings (SSSR count). The van der Waals surface area contributed by atoms with E-state index in [-0.39, 0.29) is 0 Å². The first-order chi connectivity index (χ1) is 7.51. The summed E-state index contributed by atoms with van der Waals surface area (Å²) in [5, 5.41) is 27.9. The van der Waals surface area contributed by atoms with Crippen molar-refractivity contribution in [2.24, 2.45) is 0 Å². The van der Waals surface area contributed by atoms with E-state index in [9.17, 15) is 10.2 Å². The molecule has 2 atom stereocenters. The molecule has 0 radical (unpaired) electrons. The summed E-state index contributed by atoms with van der Waals surface area (Å²) in [5.41, 5.74) is 2.36. The highest BCUT2D eigenvalue weighted by molar-refractivity contribution is 5.44. The van der Waals surface area contributed by atoms with Crippen LogP contribution in [0.5, 0.6) is 5.75 Å². The Hall–Kier alpha value is -1.10. The van der Waals surface area contributed by atoms with Crippen LogP contribution in [0.4, 0.5) is 0 Å². The van der Waals surface area contributed by atoms with Crippen molar-refractivity contribution in [1.29, 1.82) is 0 Å². The number of aryl methyl sites for hydroxylation is 2. The van der Waals surface area contributed by atoms with Crippen molar-refractivity contribution in [2.75, 3.05) is 13.7 Å². The Labute approximate surface area is 95.1 Å². The highest BCUT2D eigenvalue weighted by atomic mass is 16.5. The number of ether oxygens (including phenoxy) is 1. The molecule has 1 aromatic rings. The van der Waals surface area contributed by atoms with Crippen LogP contribution in [-0.2, 0) is 0 Å². The molecule has 4 nitrogen and oxygen atoms in total. The van der Waals surface area contributed by atoms with Crippen molar-refractivity contribution in [3.8, 4) is 5.75 Å². The van der Waals surface area contributed by atoms with Crippen molar-refractivity contribution in [3.63, 3.8) is 0 Å². The van der Waals surface area contributed by atoms with Crippen LogP contribution in [0.1, 0.15) is 22.8 Å². The quantitative estimate of drug-likeness (QED) is 0.706. The zero-order chi connectivity index (χ0) is 12.3. The van der Waals surface area contributed by atoms with Crippen LogP contribution >= 0.6 is 0 Å². The van der Waals surface area contributed by atoms with Gasteiger partial charge in [-0.25, -0.2) is 0 Å². The fraction of sp³-hybridized carbons (Fsp3) is 0.500. The molecule has 90 valence electrons. The minimum Gasteiger partial charge on any atom is -0.496 e. The Kier molecular flexibility index (Phi) is 4.29. The predicted octanol–water partition coefficient (Wildman–Crippen LogP) is 0.699. The van der Waals surface area contributed by atoms with Crippen LogP contribution < -0.4 is 4.74 Å². The summed E-state index contributed by atoms with van der Waals surface area (Å²) < 4.78 is 5.20. The van der Waals surface area contributed by atoms with Gasteiger partial charge in [0.15, 0.2) is 0 Å². The first-order valence-corrected chi connectivity index (χ1v) is 5.13. The summed E-state index contributed by atoms with van der Waals surface area (Å²) in [7, 11) is 1.59. The molecule has 0 amide bonds. The van der Waals surface area contributed by atoms with Crippen LogP contribution in [0.3, 0.4) is 0 Å². The van der Waals surface area contributed by atoms with Crippen molar-refractivity contribution >= 4 is 0 Å². The van der Waals surface area contributed by atoms with Crippen LogP contribution in [0.2, 0.25) is 0 Å². The third-order valence-corrected chi connectivity index (χ3v) is 2.58. The molecule has 0 aliphatic heterocycles. The lowest BCUT2D eigenvalue weighted by Crippen LogP contribution is -2.22. The van der Waals surface area contributed by atoms with Gasteiger partial charge in [0.25, 0.3) is 0 Å². The molecule has 0 fully saturated rings. The predicted molar refractivity (Wildman–Crippen MR) is 60.5 cm³/mol. The second-order valence-electron chi connectivity index (χ2n) is 3.88. The largest absolute Gasteiger partial charge is 0.496 e. The monoisotopic (exact) mass is 226 g/mol. The molecule has 2 unspecified atom stereocenters. The summed E-state index contributed by atoms with van der Waals surface area (Å²) in [5.74, 6) is 0.773. The summed E-state index contributed by atoms with van der Waals surface area (Å²) >= 11 is 0. The second-order valence-corrected chi connectivity index (χ2v) is 3.88. The van der Waals surface area contributed by atoms with Crippen LogP contribution in [0, 0.1) is 13.8 Å². The Morgan fingerprint density at radius 2 is 1.69 bits per heavy atom. The Bertz CT molecular complexity index is 339. The van der Waals surface area contributed by atoms with E-state index < -0.39 is 18.8 Å². The summed E-state index contributed by atoms with van der Waals surface area (Å²) in [6.07, 6.45) is -2.24. The van der Waals surface area contributed by atoms with E-state index in [1.54, 1.807) is 19.2 Å². The number of rotatable bonds is 4. The zero-order valence-electron chi connectivity index (χ0n) is 9.77. The van der Waals surface area contributed by atoms with E-state index >= 15 is 0 Å². The van der Waals surface area contributed by atoms with Gasteiger partial charge >= 0.3 is 0 Å². The second kappa shape index (κ2) is 5.30. The summed E-state index contributed by atoms with van der Waals surface area (Å²) in [6.45, 7) is 3.27. The van der Waals surface area contributed by atoms with Gasteiger partial charge in [-0.3, -0.25) is 0 Å². The SMILES string of the molecule is COc1c(C)cc(C(O)C(O)CO)cc1C. The van der Waals surface area contributed by atoms with Gasteiger partial charge in [-0.2, -0.15) is 0 Å². The summed E-state index contributed by atoms with van der Waals surface area (Å²) in [4.78, 5) is 0. The van der Waals surface area contributed by atoms with Crippen molar-refractivity contribution < 1.29 is 20.1 Å². The normalized spacial score (nSPS) is 14.6. The smallest absolute Gasteiger partial charge is 0.124 e. The van der Waals surface area contributed by atoms with E-state index in [0.717, 1.165) is 16.9 Å². The lowest BCUT2D eigenvalue weighted by atomic mass is 9.99. The molecular formula is C12H18O4. The molecule has 1 aromatic carbocycles. The first kappa shape index (κ1) is 13.0. The molecule has 16 heavy (non-hydrogen) atoms. The fourth-order valence-electron chi connectivity index (χ4n) is 1.80. The Morgan fingerprint density at radius 1 is 1.19 bits per heavy atom. The molecule has 0 aromatic heterocycles. The molecule has 3 N–H and O–H groups in total. The third-order valence-electron chi connectivity index (χ3n) is 2.58. The van der Waals surface area contributed by atoms with Crippen molar-refractivity contribution in [1.82, 2.24) is 0 Å². The van der Waals surface area contributed by atoms with Gasteiger partial charge in [0.05, 0.1) is 13.7 Å². The number of methoxy groups -OCH3 is 1. The molecule has 0 saturated carbocycles. The Morgan fingerprint density at radius 3 is 2.06 bits per heavy atom. The standard InChI is InChI=1S/C12H18O4/c1-7-4-9(11(15)10(14)6-13)5-8(2)12(7)16-3/h4-5,10-11,13-15H,6H2,1-3H3. The van der Waals surface area contributed by atoms with E-state index in [1.165, 1.54) is 0 Å². The van der Waals surface area contributed by atoms with E-state index in [0.29, 0.717) is 5.56 Å². The highest BCUT2D eigenvalue weighted by Crippen LogP contribution is 2.28. The van der Waals surface area contributed by atoms with Crippen LogP contribution in [-0.4, -0.2) is 35.1 Å². The van der Waals surface area contributed by atoms with Crippen LogP contribution in [0.15, 0.2) is 12.1 Å². The topological polar surface area (TPSA) is 69.9 Å². The number of aliphatic hydroxyl groups excluding tert-OH is 3. The van der Waals surface area contributed by atoms with E-state index in [1.807, 2.05) is 13.8 Å². The number of hydrogen-bond donors (Lipinski definition) is 3. The molecule has 0 bridgehead atoms. The molecule has 4 heteroatoms. The lowest BCUT2D eigenvalue weighted by Gasteiger charge is -2.18. The molecule has 0 aliphatic rings. The van der Waals surface area contributed by atoms with Gasteiger partial charge in [0, 0.05) is 0 Å². The maximum atomic E-state index is 9.75. The molecule has 0 heterocycles. The fourth-order valence-corrected chi connectivity index (χ4v) is 1.80. The maximum Gasteiger partial charge on any atom is 0.124 e. The minimum absolute atomic E-state index is 0.467. The molecule has 0 spiro atoms. The van der Waals surface area contributed by atoms with Crippen molar-refractivity contribution in [3.05, 3.63) is 28.8 Å². The average Bonchev–Trinajstić information content (AvgIpc) is 2.26. The number of benzene rings is 1. The van der Waals surface area contributed by atoms with Gasteiger partial charge in [-0.15, -0.1) is 0 Å². The zero-order valence-corrected chi connectivity index (χ0v) is 9.77. The van der Waals surface area contributed by atoms with Crippen molar-refractivity contribution in [2.45, 2.75) is 26.1 Å². The van der Waals surface area contributed by atoms with E-state index in [2.05, 4.69) is 0 Å². The first-order valence-electron chi connectivity index (χ1n) is 5.13. The van der Waals surface area contributed by atoms with Crippen LogP contribution in [0.25, 0.3) is 0 Å². The van der Waals surface area contributed by atoms with Gasteiger partial charge in [-0.05, 0) is 42.7 Å².